The zero-order valence-electron chi connectivity index (χ0n) is 20.0. The van der Waals surface area contributed by atoms with Crippen LogP contribution < -0.4 is 19.6 Å². The fraction of sp³-hybridized carbons (Fsp3) is 0.222. The molecule has 182 valence electrons. The molecule has 0 radical (unpaired) electrons. The Bertz CT molecular complexity index is 1210. The van der Waals surface area contributed by atoms with Gasteiger partial charge >= 0.3 is 5.97 Å². The van der Waals surface area contributed by atoms with Gasteiger partial charge in [0, 0.05) is 4.47 Å². The van der Waals surface area contributed by atoms with Gasteiger partial charge in [0.2, 0.25) is 0 Å². The zero-order valence-corrected chi connectivity index (χ0v) is 21.6. The number of methoxy groups -OCH3 is 1. The molecule has 0 fully saturated rings. The Hall–Kier alpha value is -3.65. The van der Waals surface area contributed by atoms with E-state index in [0.717, 1.165) is 21.2 Å². The predicted molar refractivity (Wildman–Crippen MR) is 139 cm³/mol. The van der Waals surface area contributed by atoms with Crippen LogP contribution in [0.15, 0.2) is 70.2 Å². The predicted octanol–water partition coefficient (Wildman–Crippen LogP) is 5.64. The highest BCUT2D eigenvalue weighted by atomic mass is 79.9. The molecule has 3 rings (SSSR count). The third kappa shape index (κ3) is 7.42. The first kappa shape index (κ1) is 26.0. The number of hydrogen-bond donors (Lipinski definition) is 1. The first-order valence-corrected chi connectivity index (χ1v) is 11.8. The fourth-order valence-corrected chi connectivity index (χ4v) is 3.48. The quantitative estimate of drug-likeness (QED) is 0.165. The average molecular weight is 539 g/mol. The van der Waals surface area contributed by atoms with Crippen molar-refractivity contribution in [2.24, 2.45) is 5.10 Å². The standard InChI is InChI=1S/C27H27BrN2O5/c1-17(2)23-14-24(28)18(3)13-25(23)34-16-26(31)30-29-15-19-5-9-22(10-6-19)35-27(32)20-7-11-21(33-4)12-8-20/h5-15,17H,16H2,1-4H3,(H,30,31). The van der Waals surface area contributed by atoms with E-state index in [2.05, 4.69) is 40.3 Å². The van der Waals surface area contributed by atoms with Gasteiger partial charge in [-0.2, -0.15) is 5.10 Å². The second-order valence-electron chi connectivity index (χ2n) is 8.06. The van der Waals surface area contributed by atoms with E-state index in [9.17, 15) is 9.59 Å². The summed E-state index contributed by atoms with van der Waals surface area (Å²) in [4.78, 5) is 24.4. The van der Waals surface area contributed by atoms with Crippen molar-refractivity contribution in [3.05, 3.63) is 87.4 Å². The van der Waals surface area contributed by atoms with Crippen LogP contribution in [0.3, 0.4) is 0 Å². The van der Waals surface area contributed by atoms with Crippen LogP contribution in [-0.2, 0) is 4.79 Å². The van der Waals surface area contributed by atoms with Crippen LogP contribution in [0.5, 0.6) is 17.2 Å². The number of hydrazone groups is 1. The topological polar surface area (TPSA) is 86.2 Å². The van der Waals surface area contributed by atoms with Crippen molar-refractivity contribution >= 4 is 34.0 Å². The highest BCUT2D eigenvalue weighted by molar-refractivity contribution is 9.10. The molecule has 0 unspecified atom stereocenters. The number of ether oxygens (including phenoxy) is 3. The normalized spacial score (nSPS) is 10.9. The van der Waals surface area contributed by atoms with E-state index in [4.69, 9.17) is 14.2 Å². The Morgan fingerprint density at radius 1 is 1.03 bits per heavy atom. The molecule has 35 heavy (non-hydrogen) atoms. The molecule has 0 saturated heterocycles. The van der Waals surface area contributed by atoms with Gasteiger partial charge in [0.25, 0.3) is 5.91 Å². The molecular weight excluding hydrogens is 512 g/mol. The van der Waals surface area contributed by atoms with E-state index in [1.807, 2.05) is 19.1 Å². The number of halogens is 1. The van der Waals surface area contributed by atoms with Gasteiger partial charge < -0.3 is 14.2 Å². The minimum atomic E-state index is -0.470. The van der Waals surface area contributed by atoms with E-state index in [-0.39, 0.29) is 18.4 Å². The zero-order chi connectivity index (χ0) is 25.4. The Kier molecular flexibility index (Phi) is 9.03. The largest absolute Gasteiger partial charge is 0.497 e. The summed E-state index contributed by atoms with van der Waals surface area (Å²) in [5.74, 6) is 1.14. The van der Waals surface area contributed by atoms with E-state index >= 15 is 0 Å². The number of esters is 1. The first-order valence-electron chi connectivity index (χ1n) is 11.0. The van der Waals surface area contributed by atoms with Gasteiger partial charge in [0.1, 0.15) is 17.2 Å². The van der Waals surface area contributed by atoms with Crippen LogP contribution >= 0.6 is 15.9 Å². The maximum Gasteiger partial charge on any atom is 0.343 e. The van der Waals surface area contributed by atoms with Crippen molar-refractivity contribution in [2.75, 3.05) is 13.7 Å². The number of nitrogens with zero attached hydrogens (tertiary/aromatic N) is 1. The molecule has 0 atom stereocenters. The number of amides is 1. The summed E-state index contributed by atoms with van der Waals surface area (Å²) < 4.78 is 17.2. The number of aryl methyl sites for hydroxylation is 1. The van der Waals surface area contributed by atoms with E-state index < -0.39 is 5.97 Å². The van der Waals surface area contributed by atoms with Crippen LogP contribution in [0.4, 0.5) is 0 Å². The van der Waals surface area contributed by atoms with Crippen molar-refractivity contribution in [3.8, 4) is 17.2 Å². The number of nitrogens with one attached hydrogen (secondary N) is 1. The number of carbonyl (C=O) groups excluding carboxylic acids is 2. The molecule has 3 aromatic rings. The molecule has 0 spiro atoms. The second-order valence-corrected chi connectivity index (χ2v) is 8.92. The van der Waals surface area contributed by atoms with Gasteiger partial charge in [-0.05, 0) is 90.2 Å². The molecule has 7 nitrogen and oxygen atoms in total. The number of hydrogen-bond acceptors (Lipinski definition) is 6. The van der Waals surface area contributed by atoms with Gasteiger partial charge in [0.05, 0.1) is 18.9 Å². The molecule has 0 aliphatic rings. The van der Waals surface area contributed by atoms with Crippen molar-refractivity contribution in [2.45, 2.75) is 26.7 Å². The minimum absolute atomic E-state index is 0.154. The molecule has 0 bridgehead atoms. The summed E-state index contributed by atoms with van der Waals surface area (Å²) >= 11 is 3.53. The van der Waals surface area contributed by atoms with Gasteiger partial charge in [-0.15, -0.1) is 0 Å². The molecule has 1 amide bonds. The molecule has 8 heteroatoms. The molecule has 1 N–H and O–H groups in total. The molecule has 0 aromatic heterocycles. The molecule has 3 aromatic carbocycles. The smallest absolute Gasteiger partial charge is 0.343 e. The Morgan fingerprint density at radius 2 is 1.69 bits per heavy atom. The van der Waals surface area contributed by atoms with Crippen molar-refractivity contribution in [3.63, 3.8) is 0 Å². The van der Waals surface area contributed by atoms with Crippen LogP contribution in [0.1, 0.15) is 46.8 Å². The first-order chi connectivity index (χ1) is 16.8. The number of benzene rings is 3. The van der Waals surface area contributed by atoms with Crippen LogP contribution in [0, 0.1) is 6.92 Å². The summed E-state index contributed by atoms with van der Waals surface area (Å²) in [7, 11) is 1.56. The Morgan fingerprint density at radius 3 is 2.31 bits per heavy atom. The lowest BCUT2D eigenvalue weighted by Gasteiger charge is -2.15. The summed E-state index contributed by atoms with van der Waals surface area (Å²) in [5.41, 5.74) is 5.64. The molecular formula is C27H27BrN2O5. The van der Waals surface area contributed by atoms with Gasteiger partial charge in [-0.1, -0.05) is 29.8 Å². The third-order valence-corrected chi connectivity index (χ3v) is 5.95. The third-order valence-electron chi connectivity index (χ3n) is 5.09. The molecule has 0 aliphatic carbocycles. The fourth-order valence-electron chi connectivity index (χ4n) is 3.12. The van der Waals surface area contributed by atoms with Crippen molar-refractivity contribution < 1.29 is 23.8 Å². The highest BCUT2D eigenvalue weighted by Crippen LogP contribution is 2.32. The second kappa shape index (κ2) is 12.2. The Labute approximate surface area is 213 Å². The Balaban J connectivity index is 1.50. The van der Waals surface area contributed by atoms with Crippen LogP contribution in [0.2, 0.25) is 0 Å². The van der Waals surface area contributed by atoms with Gasteiger partial charge in [-0.25, -0.2) is 10.2 Å². The van der Waals surface area contributed by atoms with E-state index in [0.29, 0.717) is 22.8 Å². The minimum Gasteiger partial charge on any atom is -0.497 e. The lowest BCUT2D eigenvalue weighted by molar-refractivity contribution is -0.123. The molecule has 0 aliphatic heterocycles. The summed E-state index contributed by atoms with van der Waals surface area (Å²) in [5, 5.41) is 3.97. The van der Waals surface area contributed by atoms with Crippen LogP contribution in [-0.4, -0.2) is 31.8 Å². The van der Waals surface area contributed by atoms with E-state index in [1.165, 1.54) is 6.21 Å². The molecule has 0 saturated carbocycles. The number of carbonyl (C=O) groups is 2. The monoisotopic (exact) mass is 538 g/mol. The van der Waals surface area contributed by atoms with Gasteiger partial charge in [-0.3, -0.25) is 4.79 Å². The number of rotatable bonds is 9. The van der Waals surface area contributed by atoms with Gasteiger partial charge in [0.15, 0.2) is 6.61 Å². The lowest BCUT2D eigenvalue weighted by atomic mass is 10.0. The highest BCUT2D eigenvalue weighted by Gasteiger charge is 2.12. The van der Waals surface area contributed by atoms with Crippen molar-refractivity contribution in [1.29, 1.82) is 0 Å². The van der Waals surface area contributed by atoms with Crippen molar-refractivity contribution in [1.82, 2.24) is 5.43 Å². The van der Waals surface area contributed by atoms with Crippen LogP contribution in [0.25, 0.3) is 0 Å². The summed E-state index contributed by atoms with van der Waals surface area (Å²) in [6.07, 6.45) is 1.50. The summed E-state index contributed by atoms with van der Waals surface area (Å²) in [6.45, 7) is 5.95. The lowest BCUT2D eigenvalue weighted by Crippen LogP contribution is -2.25. The molecule has 0 heterocycles. The average Bonchev–Trinajstić information content (AvgIpc) is 2.85. The maximum absolute atomic E-state index is 12.3. The maximum atomic E-state index is 12.3. The SMILES string of the molecule is COc1ccc(C(=O)Oc2ccc(C=NNC(=O)COc3cc(C)c(Br)cc3C(C)C)cc2)cc1. The summed E-state index contributed by atoms with van der Waals surface area (Å²) in [6, 6.07) is 17.3. The van der Waals surface area contributed by atoms with E-state index in [1.54, 1.807) is 55.6 Å².